The second kappa shape index (κ2) is 6.07. The van der Waals surface area contributed by atoms with Gasteiger partial charge in [-0.25, -0.2) is 0 Å². The van der Waals surface area contributed by atoms with Crippen molar-refractivity contribution in [2.45, 2.75) is 45.8 Å². The summed E-state index contributed by atoms with van der Waals surface area (Å²) in [4.78, 5) is 0. The van der Waals surface area contributed by atoms with Crippen molar-refractivity contribution < 1.29 is 0 Å². The van der Waals surface area contributed by atoms with Gasteiger partial charge in [-0.05, 0) is 44.9 Å². The number of aromatic nitrogens is 1. The van der Waals surface area contributed by atoms with Gasteiger partial charge in [-0.2, -0.15) is 0 Å². The van der Waals surface area contributed by atoms with Gasteiger partial charge in [-0.1, -0.05) is 30.3 Å². The molecule has 19 heavy (non-hydrogen) atoms. The van der Waals surface area contributed by atoms with Crippen molar-refractivity contribution in [2.75, 3.05) is 0 Å². The number of hydrogen-bond acceptors (Lipinski definition) is 1. The summed E-state index contributed by atoms with van der Waals surface area (Å²) in [5.74, 6) is 0. The zero-order chi connectivity index (χ0) is 13.7. The first kappa shape index (κ1) is 13.9. The first-order chi connectivity index (χ1) is 9.04. The maximum absolute atomic E-state index is 3.54. The Hall–Kier alpha value is -1.54. The second-order valence-corrected chi connectivity index (χ2v) is 6.03. The first-order valence-corrected chi connectivity index (χ1v) is 6.97. The third kappa shape index (κ3) is 4.56. The quantitative estimate of drug-likeness (QED) is 0.864. The van der Waals surface area contributed by atoms with Crippen LogP contribution in [0.25, 0.3) is 0 Å². The Morgan fingerprint density at radius 3 is 2.42 bits per heavy atom. The molecule has 2 rings (SSSR count). The summed E-state index contributed by atoms with van der Waals surface area (Å²) in [7, 11) is 0. The van der Waals surface area contributed by atoms with Gasteiger partial charge in [0.1, 0.15) is 0 Å². The van der Waals surface area contributed by atoms with Crippen LogP contribution in [0, 0.1) is 0 Å². The fraction of sp³-hybridized carbons (Fsp3) is 0.412. The predicted molar refractivity (Wildman–Crippen MR) is 81.2 cm³/mol. The standard InChI is InChI=1S/C17H24N2/c1-17(2,3)18-14-16-10-7-12-19(16)13-11-15-8-5-4-6-9-15/h4-10,12,18H,11,13-14H2,1-3H3. The molecule has 102 valence electrons. The molecule has 0 fully saturated rings. The highest BCUT2D eigenvalue weighted by molar-refractivity contribution is 5.15. The highest BCUT2D eigenvalue weighted by atomic mass is 15.0. The van der Waals surface area contributed by atoms with E-state index >= 15 is 0 Å². The summed E-state index contributed by atoms with van der Waals surface area (Å²) in [5, 5.41) is 3.54. The highest BCUT2D eigenvalue weighted by Crippen LogP contribution is 2.08. The van der Waals surface area contributed by atoms with Crippen molar-refractivity contribution in [3.8, 4) is 0 Å². The van der Waals surface area contributed by atoms with Crippen molar-refractivity contribution in [3.63, 3.8) is 0 Å². The minimum Gasteiger partial charge on any atom is -0.350 e. The number of hydrogen-bond donors (Lipinski definition) is 1. The van der Waals surface area contributed by atoms with Crippen molar-refractivity contribution in [3.05, 3.63) is 59.9 Å². The number of nitrogens with zero attached hydrogens (tertiary/aromatic N) is 1. The summed E-state index contributed by atoms with van der Waals surface area (Å²) in [6.45, 7) is 8.56. The van der Waals surface area contributed by atoms with E-state index < -0.39 is 0 Å². The lowest BCUT2D eigenvalue weighted by atomic mass is 10.1. The molecule has 0 atom stereocenters. The van der Waals surface area contributed by atoms with Gasteiger partial charge in [0, 0.05) is 30.5 Å². The lowest BCUT2D eigenvalue weighted by Crippen LogP contribution is -2.35. The number of benzene rings is 1. The molecule has 1 aromatic heterocycles. The molecule has 0 radical (unpaired) electrons. The Kier molecular flexibility index (Phi) is 4.43. The van der Waals surface area contributed by atoms with Gasteiger partial charge < -0.3 is 9.88 Å². The molecule has 0 bridgehead atoms. The number of aryl methyl sites for hydroxylation is 2. The van der Waals surface area contributed by atoms with Crippen LogP contribution in [-0.4, -0.2) is 10.1 Å². The van der Waals surface area contributed by atoms with E-state index in [1.165, 1.54) is 11.3 Å². The maximum Gasteiger partial charge on any atom is 0.0363 e. The third-order valence-electron chi connectivity index (χ3n) is 3.21. The molecule has 1 aromatic carbocycles. The smallest absolute Gasteiger partial charge is 0.0363 e. The Morgan fingerprint density at radius 2 is 1.74 bits per heavy atom. The summed E-state index contributed by atoms with van der Waals surface area (Å²) < 4.78 is 2.34. The van der Waals surface area contributed by atoms with E-state index in [9.17, 15) is 0 Å². The molecule has 2 nitrogen and oxygen atoms in total. The summed E-state index contributed by atoms with van der Waals surface area (Å²) >= 11 is 0. The summed E-state index contributed by atoms with van der Waals surface area (Å²) in [6, 6.07) is 15.0. The fourth-order valence-electron chi connectivity index (χ4n) is 2.08. The molecule has 0 spiro atoms. The van der Waals surface area contributed by atoms with Crippen LogP contribution in [0.2, 0.25) is 0 Å². The molecule has 2 aromatic rings. The van der Waals surface area contributed by atoms with Crippen molar-refractivity contribution in [1.82, 2.24) is 9.88 Å². The van der Waals surface area contributed by atoms with Gasteiger partial charge in [0.2, 0.25) is 0 Å². The van der Waals surface area contributed by atoms with E-state index in [0.717, 1.165) is 19.5 Å². The Bertz CT molecular complexity index is 491. The van der Waals surface area contributed by atoms with Crippen LogP contribution in [0.4, 0.5) is 0 Å². The minimum atomic E-state index is 0.161. The second-order valence-electron chi connectivity index (χ2n) is 6.03. The maximum atomic E-state index is 3.54. The lowest BCUT2D eigenvalue weighted by molar-refractivity contribution is 0.415. The molecular weight excluding hydrogens is 232 g/mol. The number of nitrogens with one attached hydrogen (secondary N) is 1. The molecule has 0 saturated carbocycles. The van der Waals surface area contributed by atoms with E-state index in [2.05, 4.69) is 79.3 Å². The Morgan fingerprint density at radius 1 is 1.00 bits per heavy atom. The van der Waals surface area contributed by atoms with E-state index in [1.807, 2.05) is 0 Å². The Labute approximate surface area is 116 Å². The summed E-state index contributed by atoms with van der Waals surface area (Å²) in [5.41, 5.74) is 2.91. The topological polar surface area (TPSA) is 17.0 Å². The van der Waals surface area contributed by atoms with Gasteiger partial charge in [-0.3, -0.25) is 0 Å². The van der Waals surface area contributed by atoms with E-state index in [1.54, 1.807) is 0 Å². The fourth-order valence-corrected chi connectivity index (χ4v) is 2.08. The van der Waals surface area contributed by atoms with Gasteiger partial charge in [0.05, 0.1) is 0 Å². The van der Waals surface area contributed by atoms with Crippen LogP contribution in [0.15, 0.2) is 48.7 Å². The molecule has 0 unspecified atom stereocenters. The largest absolute Gasteiger partial charge is 0.350 e. The average molecular weight is 256 g/mol. The summed E-state index contributed by atoms with van der Waals surface area (Å²) in [6.07, 6.45) is 3.25. The molecule has 0 saturated heterocycles. The molecule has 2 heteroatoms. The molecule has 1 heterocycles. The van der Waals surface area contributed by atoms with Crippen LogP contribution in [0.1, 0.15) is 32.0 Å². The van der Waals surface area contributed by atoms with Gasteiger partial charge in [0.15, 0.2) is 0 Å². The van der Waals surface area contributed by atoms with E-state index in [4.69, 9.17) is 0 Å². The number of rotatable bonds is 5. The highest BCUT2D eigenvalue weighted by Gasteiger charge is 2.09. The molecule has 0 aliphatic carbocycles. The van der Waals surface area contributed by atoms with Crippen LogP contribution < -0.4 is 5.32 Å². The van der Waals surface area contributed by atoms with Crippen LogP contribution >= 0.6 is 0 Å². The molecule has 0 aliphatic rings. The van der Waals surface area contributed by atoms with Gasteiger partial charge >= 0.3 is 0 Å². The zero-order valence-corrected chi connectivity index (χ0v) is 12.2. The Balaban J connectivity index is 1.92. The molecule has 0 aliphatic heterocycles. The van der Waals surface area contributed by atoms with Crippen molar-refractivity contribution in [2.24, 2.45) is 0 Å². The van der Waals surface area contributed by atoms with Crippen LogP contribution in [0.5, 0.6) is 0 Å². The SMILES string of the molecule is CC(C)(C)NCc1cccn1CCc1ccccc1. The van der Waals surface area contributed by atoms with E-state index in [0.29, 0.717) is 0 Å². The van der Waals surface area contributed by atoms with Gasteiger partial charge in [-0.15, -0.1) is 0 Å². The predicted octanol–water partition coefficient (Wildman–Crippen LogP) is 3.62. The van der Waals surface area contributed by atoms with Crippen LogP contribution in [0.3, 0.4) is 0 Å². The van der Waals surface area contributed by atoms with Crippen molar-refractivity contribution in [1.29, 1.82) is 0 Å². The average Bonchev–Trinajstić information content (AvgIpc) is 2.82. The van der Waals surface area contributed by atoms with Crippen LogP contribution in [-0.2, 0) is 19.5 Å². The molecular formula is C17H24N2. The minimum absolute atomic E-state index is 0.161. The molecule has 1 N–H and O–H groups in total. The first-order valence-electron chi connectivity index (χ1n) is 6.97. The van der Waals surface area contributed by atoms with Crippen molar-refractivity contribution >= 4 is 0 Å². The normalized spacial score (nSPS) is 11.7. The molecule has 0 amide bonds. The van der Waals surface area contributed by atoms with Gasteiger partial charge in [0.25, 0.3) is 0 Å². The lowest BCUT2D eigenvalue weighted by Gasteiger charge is -2.21. The zero-order valence-electron chi connectivity index (χ0n) is 12.2. The third-order valence-corrected chi connectivity index (χ3v) is 3.21. The monoisotopic (exact) mass is 256 g/mol. The van der Waals surface area contributed by atoms with E-state index in [-0.39, 0.29) is 5.54 Å².